The van der Waals surface area contributed by atoms with Gasteiger partial charge in [-0.2, -0.15) is 0 Å². The topological polar surface area (TPSA) is 38.8 Å². The molecule has 0 spiro atoms. The van der Waals surface area contributed by atoms with Gasteiger partial charge in [-0.25, -0.2) is 0 Å². The Morgan fingerprint density at radius 3 is 2.52 bits per heavy atom. The number of hydrogen-bond acceptors (Lipinski definition) is 3. The normalized spacial score (nSPS) is 15.0. The molecule has 4 heteroatoms. The van der Waals surface area contributed by atoms with Gasteiger partial charge in [-0.05, 0) is 61.6 Å². The van der Waals surface area contributed by atoms with Gasteiger partial charge in [0.1, 0.15) is 11.5 Å². The summed E-state index contributed by atoms with van der Waals surface area (Å²) in [5, 5.41) is 0. The number of amides is 1. The molecule has 0 aromatic heterocycles. The van der Waals surface area contributed by atoms with Gasteiger partial charge in [0.15, 0.2) is 0 Å². The number of carbonyl (C=O) groups is 1. The molecule has 132 valence electrons. The monoisotopic (exact) mass is 339 g/mol. The highest BCUT2D eigenvalue weighted by molar-refractivity contribution is 5.94. The maximum absolute atomic E-state index is 12.6. The number of likely N-dealkylation sites (tertiary alicyclic amines) is 1. The number of nitrogens with zero attached hydrogens (tertiary/aromatic N) is 1. The summed E-state index contributed by atoms with van der Waals surface area (Å²) in [6.07, 6.45) is 1.95. The maximum atomic E-state index is 12.6. The lowest BCUT2D eigenvalue weighted by molar-refractivity contribution is 0.0660. The number of hydrogen-bond donors (Lipinski definition) is 0. The van der Waals surface area contributed by atoms with E-state index < -0.39 is 0 Å². The lowest BCUT2D eigenvalue weighted by Gasteiger charge is -2.32. The number of methoxy groups -OCH3 is 1. The van der Waals surface area contributed by atoms with E-state index in [9.17, 15) is 4.79 Å². The van der Waals surface area contributed by atoms with Crippen molar-refractivity contribution in [2.75, 3.05) is 26.8 Å². The van der Waals surface area contributed by atoms with Crippen LogP contribution in [0.1, 0.15) is 28.8 Å². The van der Waals surface area contributed by atoms with Crippen LogP contribution in [-0.4, -0.2) is 37.6 Å². The van der Waals surface area contributed by atoms with Crippen LogP contribution < -0.4 is 9.47 Å². The third kappa shape index (κ3) is 4.53. The smallest absolute Gasteiger partial charge is 0.253 e. The molecule has 1 amide bonds. The molecule has 1 saturated heterocycles. The highest BCUT2D eigenvalue weighted by Crippen LogP contribution is 2.22. The van der Waals surface area contributed by atoms with E-state index in [4.69, 9.17) is 9.47 Å². The van der Waals surface area contributed by atoms with Crippen molar-refractivity contribution in [3.8, 4) is 11.5 Å². The first kappa shape index (κ1) is 17.3. The Morgan fingerprint density at radius 1 is 1.08 bits per heavy atom. The van der Waals surface area contributed by atoms with Gasteiger partial charge in [0, 0.05) is 18.7 Å². The number of carbonyl (C=O) groups excluding carboxylic acids is 1. The Labute approximate surface area is 149 Å². The maximum Gasteiger partial charge on any atom is 0.253 e. The summed E-state index contributed by atoms with van der Waals surface area (Å²) in [6.45, 7) is 4.33. The molecule has 3 rings (SSSR count). The molecule has 0 saturated carbocycles. The van der Waals surface area contributed by atoms with Gasteiger partial charge in [-0.1, -0.05) is 18.2 Å². The summed E-state index contributed by atoms with van der Waals surface area (Å²) < 4.78 is 11.1. The summed E-state index contributed by atoms with van der Waals surface area (Å²) >= 11 is 0. The first-order valence-corrected chi connectivity index (χ1v) is 8.78. The third-order valence-electron chi connectivity index (χ3n) is 4.69. The van der Waals surface area contributed by atoms with Crippen molar-refractivity contribution in [2.24, 2.45) is 5.92 Å². The quantitative estimate of drug-likeness (QED) is 0.828. The molecule has 0 aliphatic carbocycles. The van der Waals surface area contributed by atoms with Crippen molar-refractivity contribution in [3.63, 3.8) is 0 Å². The van der Waals surface area contributed by atoms with Crippen LogP contribution in [0.2, 0.25) is 0 Å². The van der Waals surface area contributed by atoms with E-state index in [2.05, 4.69) is 19.1 Å². The molecule has 25 heavy (non-hydrogen) atoms. The van der Waals surface area contributed by atoms with Gasteiger partial charge in [0.2, 0.25) is 0 Å². The largest absolute Gasteiger partial charge is 0.497 e. The number of aryl methyl sites for hydroxylation is 1. The van der Waals surface area contributed by atoms with Crippen LogP contribution in [0.5, 0.6) is 11.5 Å². The molecule has 0 radical (unpaired) electrons. The van der Waals surface area contributed by atoms with E-state index >= 15 is 0 Å². The molecule has 1 aliphatic heterocycles. The summed E-state index contributed by atoms with van der Waals surface area (Å²) in [4.78, 5) is 14.6. The van der Waals surface area contributed by atoms with Crippen molar-refractivity contribution in [2.45, 2.75) is 19.8 Å². The molecule has 1 fully saturated rings. The highest BCUT2D eigenvalue weighted by atomic mass is 16.5. The lowest BCUT2D eigenvalue weighted by Crippen LogP contribution is -2.39. The van der Waals surface area contributed by atoms with Crippen molar-refractivity contribution < 1.29 is 14.3 Å². The second kappa shape index (κ2) is 8.06. The molecular weight excluding hydrogens is 314 g/mol. The van der Waals surface area contributed by atoms with E-state index in [0.29, 0.717) is 23.8 Å². The second-order valence-corrected chi connectivity index (χ2v) is 6.60. The summed E-state index contributed by atoms with van der Waals surface area (Å²) in [7, 11) is 1.61. The van der Waals surface area contributed by atoms with E-state index in [1.807, 2.05) is 35.2 Å². The van der Waals surface area contributed by atoms with Crippen LogP contribution in [0.4, 0.5) is 0 Å². The zero-order chi connectivity index (χ0) is 17.6. The molecule has 1 aliphatic rings. The molecule has 0 unspecified atom stereocenters. The van der Waals surface area contributed by atoms with Crippen molar-refractivity contribution in [3.05, 3.63) is 59.7 Å². The van der Waals surface area contributed by atoms with Crippen LogP contribution >= 0.6 is 0 Å². The fourth-order valence-corrected chi connectivity index (χ4v) is 3.16. The Bertz CT molecular complexity index is 721. The van der Waals surface area contributed by atoms with Gasteiger partial charge < -0.3 is 14.4 Å². The average Bonchev–Trinajstić information content (AvgIpc) is 2.66. The van der Waals surface area contributed by atoms with Crippen LogP contribution in [-0.2, 0) is 0 Å². The van der Waals surface area contributed by atoms with E-state index in [0.717, 1.165) is 31.7 Å². The van der Waals surface area contributed by atoms with Crippen LogP contribution in [0.3, 0.4) is 0 Å². The first-order chi connectivity index (χ1) is 12.2. The van der Waals surface area contributed by atoms with Gasteiger partial charge in [0.25, 0.3) is 5.91 Å². The first-order valence-electron chi connectivity index (χ1n) is 8.78. The fraction of sp³-hybridized carbons (Fsp3) is 0.381. The van der Waals surface area contributed by atoms with Crippen LogP contribution in [0.25, 0.3) is 0 Å². The standard InChI is InChI=1S/C21H25NO3/c1-16-5-3-8-20(13-16)25-15-17-9-11-22(12-10-17)21(23)18-6-4-7-19(14-18)24-2/h3-8,13-14,17H,9-12,15H2,1-2H3. The SMILES string of the molecule is COc1cccc(C(=O)N2CCC(COc3cccc(C)c3)CC2)c1. The van der Waals surface area contributed by atoms with Gasteiger partial charge in [-0.3, -0.25) is 4.79 Å². The molecule has 0 atom stereocenters. The molecule has 0 bridgehead atoms. The Morgan fingerprint density at radius 2 is 1.80 bits per heavy atom. The molecular formula is C21H25NO3. The second-order valence-electron chi connectivity index (χ2n) is 6.60. The van der Waals surface area contributed by atoms with Gasteiger partial charge in [0.05, 0.1) is 13.7 Å². The zero-order valence-electron chi connectivity index (χ0n) is 14.9. The summed E-state index contributed by atoms with van der Waals surface area (Å²) in [5.74, 6) is 2.22. The number of piperidine rings is 1. The predicted octanol–water partition coefficient (Wildman–Crippen LogP) is 3.93. The summed E-state index contributed by atoms with van der Waals surface area (Å²) in [5.41, 5.74) is 1.89. The molecule has 2 aromatic carbocycles. The molecule has 4 nitrogen and oxygen atoms in total. The Kier molecular flexibility index (Phi) is 5.59. The Hall–Kier alpha value is -2.49. The molecule has 1 heterocycles. The summed E-state index contributed by atoms with van der Waals surface area (Å²) in [6, 6.07) is 15.5. The Balaban J connectivity index is 1.50. The minimum Gasteiger partial charge on any atom is -0.497 e. The van der Waals surface area contributed by atoms with Crippen LogP contribution in [0, 0.1) is 12.8 Å². The fourth-order valence-electron chi connectivity index (χ4n) is 3.16. The zero-order valence-corrected chi connectivity index (χ0v) is 14.9. The number of benzene rings is 2. The number of ether oxygens (including phenoxy) is 2. The molecule has 0 N–H and O–H groups in total. The van der Waals surface area contributed by atoms with Crippen molar-refractivity contribution in [1.82, 2.24) is 4.90 Å². The third-order valence-corrected chi connectivity index (χ3v) is 4.69. The predicted molar refractivity (Wildman–Crippen MR) is 98.3 cm³/mol. The minimum absolute atomic E-state index is 0.0805. The van der Waals surface area contributed by atoms with E-state index in [1.165, 1.54) is 5.56 Å². The van der Waals surface area contributed by atoms with Gasteiger partial charge >= 0.3 is 0 Å². The highest BCUT2D eigenvalue weighted by Gasteiger charge is 2.24. The lowest BCUT2D eigenvalue weighted by atomic mass is 9.97. The van der Waals surface area contributed by atoms with E-state index in [1.54, 1.807) is 13.2 Å². The minimum atomic E-state index is 0.0805. The van der Waals surface area contributed by atoms with Crippen molar-refractivity contribution >= 4 is 5.91 Å². The van der Waals surface area contributed by atoms with E-state index in [-0.39, 0.29) is 5.91 Å². The number of rotatable bonds is 5. The molecule has 2 aromatic rings. The van der Waals surface area contributed by atoms with Gasteiger partial charge in [-0.15, -0.1) is 0 Å². The van der Waals surface area contributed by atoms with Crippen molar-refractivity contribution in [1.29, 1.82) is 0 Å². The van der Waals surface area contributed by atoms with Crippen LogP contribution in [0.15, 0.2) is 48.5 Å². The average molecular weight is 339 g/mol.